The van der Waals surface area contributed by atoms with Crippen molar-refractivity contribution in [1.29, 1.82) is 0 Å². The van der Waals surface area contributed by atoms with Crippen molar-refractivity contribution in [2.24, 2.45) is 13.0 Å². The molecular weight excluding hydrogens is 226 g/mol. The van der Waals surface area contributed by atoms with E-state index in [1.807, 2.05) is 11.6 Å². The fourth-order valence-corrected chi connectivity index (χ4v) is 2.40. The Kier molecular flexibility index (Phi) is 4.72. The first-order valence-corrected chi connectivity index (χ1v) is 6.93. The number of nitrogens with zero attached hydrogens (tertiary/aromatic N) is 4. The molecule has 0 radical (unpaired) electrons. The number of aryl methyl sites for hydroxylation is 1. The number of piperidine rings is 1. The van der Waals surface area contributed by atoms with Crippen molar-refractivity contribution in [3.63, 3.8) is 0 Å². The topological polar surface area (TPSA) is 46.0 Å². The molecule has 0 saturated carbocycles. The third kappa shape index (κ3) is 3.78. The van der Waals surface area contributed by atoms with E-state index in [0.29, 0.717) is 6.04 Å². The minimum Gasteiger partial charge on any atom is -0.320 e. The number of aromatic nitrogens is 3. The van der Waals surface area contributed by atoms with Crippen molar-refractivity contribution >= 4 is 0 Å². The van der Waals surface area contributed by atoms with E-state index < -0.39 is 0 Å². The monoisotopic (exact) mass is 251 g/mol. The number of hydrogen-bond acceptors (Lipinski definition) is 4. The third-order valence-electron chi connectivity index (χ3n) is 3.69. The molecule has 0 atom stereocenters. The Morgan fingerprint density at radius 3 is 2.67 bits per heavy atom. The molecule has 0 spiro atoms. The van der Waals surface area contributed by atoms with Crippen LogP contribution in [0.15, 0.2) is 6.33 Å². The molecule has 1 fully saturated rings. The summed E-state index contributed by atoms with van der Waals surface area (Å²) in [6.45, 7) is 8.87. The van der Waals surface area contributed by atoms with Crippen molar-refractivity contribution in [2.45, 2.75) is 39.3 Å². The van der Waals surface area contributed by atoms with Gasteiger partial charge in [-0.15, -0.1) is 10.2 Å². The smallest absolute Gasteiger partial charge is 0.146 e. The highest BCUT2D eigenvalue weighted by molar-refractivity contribution is 4.86. The number of likely N-dealkylation sites (tertiary alicyclic amines) is 1. The van der Waals surface area contributed by atoms with Crippen LogP contribution in [0.3, 0.4) is 0 Å². The van der Waals surface area contributed by atoms with Gasteiger partial charge in [0.15, 0.2) is 0 Å². The van der Waals surface area contributed by atoms with Crippen LogP contribution in [0, 0.1) is 5.92 Å². The van der Waals surface area contributed by atoms with Crippen LogP contribution in [-0.4, -0.2) is 45.3 Å². The summed E-state index contributed by atoms with van der Waals surface area (Å²) in [6, 6.07) is 0.599. The second-order valence-electron chi connectivity index (χ2n) is 5.64. The van der Waals surface area contributed by atoms with Crippen molar-refractivity contribution in [3.8, 4) is 0 Å². The third-order valence-corrected chi connectivity index (χ3v) is 3.69. The predicted molar refractivity (Wildman–Crippen MR) is 72.1 cm³/mol. The van der Waals surface area contributed by atoms with Crippen molar-refractivity contribution in [2.75, 3.05) is 19.6 Å². The Bertz CT molecular complexity index is 352. The Labute approximate surface area is 110 Å². The molecule has 0 amide bonds. The fraction of sp³-hybridized carbons (Fsp3) is 0.846. The van der Waals surface area contributed by atoms with Crippen LogP contribution in [-0.2, 0) is 13.6 Å². The van der Waals surface area contributed by atoms with Gasteiger partial charge in [-0.2, -0.15) is 0 Å². The van der Waals surface area contributed by atoms with Gasteiger partial charge in [0, 0.05) is 13.1 Å². The average molecular weight is 251 g/mol. The predicted octanol–water partition coefficient (Wildman–Crippen LogP) is 1.03. The van der Waals surface area contributed by atoms with Gasteiger partial charge in [-0.25, -0.2) is 0 Å². The summed E-state index contributed by atoms with van der Waals surface area (Å²) in [6.07, 6.45) is 4.35. The van der Waals surface area contributed by atoms with E-state index in [-0.39, 0.29) is 0 Å². The first-order valence-electron chi connectivity index (χ1n) is 6.93. The molecule has 102 valence electrons. The molecule has 0 aromatic carbocycles. The molecular formula is C13H25N5. The van der Waals surface area contributed by atoms with Gasteiger partial charge in [0.1, 0.15) is 12.2 Å². The first kappa shape index (κ1) is 13.5. The number of nitrogens with one attached hydrogen (secondary N) is 1. The van der Waals surface area contributed by atoms with E-state index in [9.17, 15) is 0 Å². The van der Waals surface area contributed by atoms with Crippen molar-refractivity contribution < 1.29 is 0 Å². The van der Waals surface area contributed by atoms with E-state index in [1.165, 1.54) is 25.9 Å². The molecule has 18 heavy (non-hydrogen) atoms. The lowest BCUT2D eigenvalue weighted by Gasteiger charge is -2.32. The second kappa shape index (κ2) is 6.29. The largest absolute Gasteiger partial charge is 0.320 e. The van der Waals surface area contributed by atoms with Crippen LogP contribution in [0.2, 0.25) is 0 Å². The van der Waals surface area contributed by atoms with Gasteiger partial charge in [-0.3, -0.25) is 4.90 Å². The highest BCUT2D eigenvalue weighted by Crippen LogP contribution is 2.17. The van der Waals surface area contributed by atoms with E-state index in [4.69, 9.17) is 0 Å². The maximum absolute atomic E-state index is 4.15. The summed E-state index contributed by atoms with van der Waals surface area (Å²) >= 11 is 0. The van der Waals surface area contributed by atoms with Gasteiger partial charge in [0.05, 0.1) is 6.54 Å². The normalized spacial score (nSPS) is 18.7. The Morgan fingerprint density at radius 2 is 2.11 bits per heavy atom. The van der Waals surface area contributed by atoms with Crippen LogP contribution >= 0.6 is 0 Å². The number of hydrogen-bond donors (Lipinski definition) is 1. The molecule has 1 saturated heterocycles. The maximum Gasteiger partial charge on any atom is 0.146 e. The Balaban J connectivity index is 1.72. The lowest BCUT2D eigenvalue weighted by molar-refractivity contribution is 0.169. The van der Waals surface area contributed by atoms with E-state index in [1.54, 1.807) is 6.33 Å². The molecule has 0 bridgehead atoms. The van der Waals surface area contributed by atoms with E-state index in [0.717, 1.165) is 24.8 Å². The fourth-order valence-electron chi connectivity index (χ4n) is 2.40. The van der Waals surface area contributed by atoms with Crippen LogP contribution in [0.4, 0.5) is 0 Å². The average Bonchev–Trinajstić information content (AvgIpc) is 2.74. The number of rotatable bonds is 5. The highest BCUT2D eigenvalue weighted by Gasteiger charge is 2.20. The second-order valence-corrected chi connectivity index (χ2v) is 5.64. The zero-order chi connectivity index (χ0) is 13.0. The van der Waals surface area contributed by atoms with E-state index >= 15 is 0 Å². The lowest BCUT2D eigenvalue weighted by atomic mass is 9.96. The summed E-state index contributed by atoms with van der Waals surface area (Å²) in [7, 11) is 2.01. The van der Waals surface area contributed by atoms with Crippen LogP contribution < -0.4 is 5.32 Å². The van der Waals surface area contributed by atoms with Gasteiger partial charge in [-0.05, 0) is 38.4 Å². The standard InChI is InChI=1S/C13H25N5/c1-11(2)14-8-12-4-6-18(7-5-12)9-13-16-15-10-17(13)3/h10-12,14H,4-9H2,1-3H3. The molecule has 1 aromatic rings. The molecule has 5 nitrogen and oxygen atoms in total. The molecule has 2 heterocycles. The molecule has 0 unspecified atom stereocenters. The Hall–Kier alpha value is -0.940. The van der Waals surface area contributed by atoms with Crippen LogP contribution in [0.1, 0.15) is 32.5 Å². The molecule has 5 heteroatoms. The maximum atomic E-state index is 4.15. The summed E-state index contributed by atoms with van der Waals surface area (Å²) in [5, 5.41) is 11.6. The molecule has 0 aliphatic carbocycles. The molecule has 1 aliphatic rings. The summed E-state index contributed by atoms with van der Waals surface area (Å²) in [4.78, 5) is 2.48. The minimum absolute atomic E-state index is 0.599. The zero-order valence-electron chi connectivity index (χ0n) is 11.8. The van der Waals surface area contributed by atoms with Crippen molar-refractivity contribution in [1.82, 2.24) is 25.0 Å². The molecule has 1 aliphatic heterocycles. The highest BCUT2D eigenvalue weighted by atomic mass is 15.3. The van der Waals surface area contributed by atoms with Gasteiger partial charge in [0.25, 0.3) is 0 Å². The van der Waals surface area contributed by atoms with Gasteiger partial charge in [0.2, 0.25) is 0 Å². The SMILES string of the molecule is CC(C)NCC1CCN(Cc2nncn2C)CC1. The van der Waals surface area contributed by atoms with E-state index in [2.05, 4.69) is 34.3 Å². The lowest BCUT2D eigenvalue weighted by Crippen LogP contribution is -2.38. The van der Waals surface area contributed by atoms with Crippen LogP contribution in [0.25, 0.3) is 0 Å². The molecule has 1 N–H and O–H groups in total. The van der Waals surface area contributed by atoms with Gasteiger partial charge < -0.3 is 9.88 Å². The van der Waals surface area contributed by atoms with Gasteiger partial charge >= 0.3 is 0 Å². The molecule has 1 aromatic heterocycles. The summed E-state index contributed by atoms with van der Waals surface area (Å²) in [5.41, 5.74) is 0. The molecule has 2 rings (SSSR count). The first-order chi connectivity index (χ1) is 8.65. The minimum atomic E-state index is 0.599. The summed E-state index contributed by atoms with van der Waals surface area (Å²) < 4.78 is 2.01. The summed E-state index contributed by atoms with van der Waals surface area (Å²) in [5.74, 6) is 1.90. The quantitative estimate of drug-likeness (QED) is 0.849. The van der Waals surface area contributed by atoms with Gasteiger partial charge in [-0.1, -0.05) is 13.8 Å². The van der Waals surface area contributed by atoms with Crippen LogP contribution in [0.5, 0.6) is 0 Å². The zero-order valence-corrected chi connectivity index (χ0v) is 11.8. The van der Waals surface area contributed by atoms with Crippen molar-refractivity contribution in [3.05, 3.63) is 12.2 Å². The Morgan fingerprint density at radius 1 is 1.39 bits per heavy atom.